The van der Waals surface area contributed by atoms with Gasteiger partial charge in [-0.05, 0) is 40.6 Å². The summed E-state index contributed by atoms with van der Waals surface area (Å²) in [4.78, 5) is 22.6. The SMILES string of the molecule is COc1cc2ccccc2cc1C(=O)N/N=C\c1ccc([N+](=O)[O-])cc1. The van der Waals surface area contributed by atoms with Gasteiger partial charge in [0.05, 0.1) is 23.8 Å². The Morgan fingerprint density at radius 1 is 1.12 bits per heavy atom. The fraction of sp³-hybridized carbons (Fsp3) is 0.0526. The summed E-state index contributed by atoms with van der Waals surface area (Å²) >= 11 is 0. The minimum absolute atomic E-state index is 0.00733. The van der Waals surface area contributed by atoms with Crippen LogP contribution in [0.25, 0.3) is 10.8 Å². The third-order valence-corrected chi connectivity index (χ3v) is 3.80. The van der Waals surface area contributed by atoms with Gasteiger partial charge in [0.15, 0.2) is 0 Å². The van der Waals surface area contributed by atoms with E-state index >= 15 is 0 Å². The quantitative estimate of drug-likeness (QED) is 0.433. The molecule has 0 unspecified atom stereocenters. The number of carbonyl (C=O) groups is 1. The summed E-state index contributed by atoms with van der Waals surface area (Å²) in [6.45, 7) is 0. The third-order valence-electron chi connectivity index (χ3n) is 3.80. The highest BCUT2D eigenvalue weighted by atomic mass is 16.6. The monoisotopic (exact) mass is 349 g/mol. The molecule has 0 aliphatic heterocycles. The molecule has 130 valence electrons. The highest BCUT2D eigenvalue weighted by molar-refractivity contribution is 6.01. The number of nitrogens with one attached hydrogen (secondary N) is 1. The molecule has 7 heteroatoms. The van der Waals surface area contributed by atoms with Crippen molar-refractivity contribution in [3.63, 3.8) is 0 Å². The number of carbonyl (C=O) groups excluding carboxylic acids is 1. The van der Waals surface area contributed by atoms with Gasteiger partial charge in [0, 0.05) is 12.1 Å². The Bertz CT molecular complexity index is 997. The Hall–Kier alpha value is -3.74. The molecular formula is C19H15N3O4. The topological polar surface area (TPSA) is 93.8 Å². The zero-order valence-corrected chi connectivity index (χ0v) is 13.9. The molecule has 0 saturated heterocycles. The lowest BCUT2D eigenvalue weighted by atomic mass is 10.1. The number of hydrazone groups is 1. The first-order chi connectivity index (χ1) is 12.6. The number of fused-ring (bicyclic) bond motifs is 1. The van der Waals surface area contributed by atoms with Crippen LogP contribution in [0.5, 0.6) is 5.75 Å². The molecule has 3 aromatic carbocycles. The van der Waals surface area contributed by atoms with E-state index in [4.69, 9.17) is 4.74 Å². The normalized spacial score (nSPS) is 10.8. The molecule has 0 heterocycles. The van der Waals surface area contributed by atoms with E-state index in [1.165, 1.54) is 25.5 Å². The minimum atomic E-state index is -0.477. The number of benzene rings is 3. The average Bonchev–Trinajstić information content (AvgIpc) is 2.67. The summed E-state index contributed by atoms with van der Waals surface area (Å²) in [6, 6.07) is 17.0. The average molecular weight is 349 g/mol. The lowest BCUT2D eigenvalue weighted by Gasteiger charge is -2.09. The maximum atomic E-state index is 12.4. The van der Waals surface area contributed by atoms with Crippen LogP contribution in [0.2, 0.25) is 0 Å². The second kappa shape index (κ2) is 7.43. The molecule has 0 radical (unpaired) electrons. The molecule has 1 amide bonds. The Morgan fingerprint density at radius 2 is 1.77 bits per heavy atom. The van der Waals surface area contributed by atoms with Crippen molar-refractivity contribution in [1.82, 2.24) is 5.43 Å². The molecule has 0 atom stereocenters. The standard InChI is InChI=1S/C19H15N3O4/c1-26-18-11-15-5-3-2-4-14(15)10-17(18)19(23)21-20-12-13-6-8-16(9-7-13)22(24)25/h2-12H,1H3,(H,21,23)/b20-12-. The van der Waals surface area contributed by atoms with Gasteiger partial charge >= 0.3 is 0 Å². The summed E-state index contributed by atoms with van der Waals surface area (Å²) in [7, 11) is 1.50. The zero-order chi connectivity index (χ0) is 18.5. The minimum Gasteiger partial charge on any atom is -0.496 e. The van der Waals surface area contributed by atoms with Gasteiger partial charge in [0.2, 0.25) is 0 Å². The number of rotatable bonds is 5. The van der Waals surface area contributed by atoms with Crippen LogP contribution in [-0.4, -0.2) is 24.2 Å². The van der Waals surface area contributed by atoms with Crippen LogP contribution in [0.1, 0.15) is 15.9 Å². The fourth-order valence-corrected chi connectivity index (χ4v) is 2.47. The number of amides is 1. The van der Waals surface area contributed by atoms with Crippen molar-refractivity contribution < 1.29 is 14.5 Å². The number of ether oxygens (including phenoxy) is 1. The number of hydrogen-bond donors (Lipinski definition) is 1. The van der Waals surface area contributed by atoms with Crippen LogP contribution in [0.4, 0.5) is 5.69 Å². The van der Waals surface area contributed by atoms with Crippen LogP contribution in [0, 0.1) is 10.1 Å². The first-order valence-electron chi connectivity index (χ1n) is 7.73. The van der Waals surface area contributed by atoms with E-state index in [9.17, 15) is 14.9 Å². The van der Waals surface area contributed by atoms with E-state index in [2.05, 4.69) is 10.5 Å². The third kappa shape index (κ3) is 3.67. The summed E-state index contributed by atoms with van der Waals surface area (Å²) in [5.41, 5.74) is 3.43. The van der Waals surface area contributed by atoms with Crippen molar-refractivity contribution in [3.8, 4) is 5.75 Å². The smallest absolute Gasteiger partial charge is 0.275 e. The molecule has 0 spiro atoms. The maximum Gasteiger partial charge on any atom is 0.275 e. The predicted octanol–water partition coefficient (Wildman–Crippen LogP) is 3.52. The molecule has 3 rings (SSSR count). The van der Waals surface area contributed by atoms with E-state index in [-0.39, 0.29) is 5.69 Å². The molecule has 0 aliphatic rings. The highest BCUT2D eigenvalue weighted by Gasteiger charge is 2.13. The lowest BCUT2D eigenvalue weighted by Crippen LogP contribution is -2.18. The van der Waals surface area contributed by atoms with Crippen molar-refractivity contribution in [2.75, 3.05) is 7.11 Å². The van der Waals surface area contributed by atoms with Crippen molar-refractivity contribution >= 4 is 28.6 Å². The first kappa shape index (κ1) is 17.1. The van der Waals surface area contributed by atoms with Gasteiger partial charge in [-0.15, -0.1) is 0 Å². The Labute approximate surface area is 149 Å². The van der Waals surface area contributed by atoms with Crippen molar-refractivity contribution in [3.05, 3.63) is 81.9 Å². The molecule has 1 N–H and O–H groups in total. The van der Waals surface area contributed by atoms with Gasteiger partial charge in [0.1, 0.15) is 5.75 Å². The zero-order valence-electron chi connectivity index (χ0n) is 13.9. The molecule has 0 bridgehead atoms. The molecule has 3 aromatic rings. The number of hydrogen-bond acceptors (Lipinski definition) is 5. The van der Waals surface area contributed by atoms with E-state index in [0.29, 0.717) is 16.9 Å². The van der Waals surface area contributed by atoms with E-state index in [1.807, 2.05) is 24.3 Å². The molecule has 0 aromatic heterocycles. The van der Waals surface area contributed by atoms with Crippen LogP contribution >= 0.6 is 0 Å². The van der Waals surface area contributed by atoms with Gasteiger partial charge in [0.25, 0.3) is 11.6 Å². The summed E-state index contributed by atoms with van der Waals surface area (Å²) in [6.07, 6.45) is 1.41. The number of non-ortho nitro benzene ring substituents is 1. The molecule has 26 heavy (non-hydrogen) atoms. The Kier molecular flexibility index (Phi) is 4.89. The van der Waals surface area contributed by atoms with Crippen LogP contribution in [0.3, 0.4) is 0 Å². The van der Waals surface area contributed by atoms with Gasteiger partial charge < -0.3 is 4.74 Å². The molecule has 7 nitrogen and oxygen atoms in total. The molecule has 0 fully saturated rings. The summed E-state index contributed by atoms with van der Waals surface area (Å²) < 4.78 is 5.30. The number of nitro groups is 1. The van der Waals surface area contributed by atoms with Crippen LogP contribution < -0.4 is 10.2 Å². The maximum absolute atomic E-state index is 12.4. The largest absolute Gasteiger partial charge is 0.496 e. The van der Waals surface area contributed by atoms with Gasteiger partial charge in [-0.1, -0.05) is 24.3 Å². The van der Waals surface area contributed by atoms with Crippen molar-refractivity contribution in [2.45, 2.75) is 0 Å². The summed E-state index contributed by atoms with van der Waals surface area (Å²) in [5.74, 6) is 0.0394. The number of nitro benzene ring substituents is 1. The van der Waals surface area contributed by atoms with Crippen molar-refractivity contribution in [1.29, 1.82) is 0 Å². The van der Waals surface area contributed by atoms with Crippen LogP contribution in [0.15, 0.2) is 65.8 Å². The first-order valence-corrected chi connectivity index (χ1v) is 7.73. The molecule has 0 aliphatic carbocycles. The van der Waals surface area contributed by atoms with E-state index in [1.54, 1.807) is 24.3 Å². The van der Waals surface area contributed by atoms with E-state index < -0.39 is 10.8 Å². The number of methoxy groups -OCH3 is 1. The van der Waals surface area contributed by atoms with Crippen LogP contribution in [-0.2, 0) is 0 Å². The van der Waals surface area contributed by atoms with E-state index in [0.717, 1.165) is 10.8 Å². The Balaban J connectivity index is 1.77. The second-order valence-electron chi connectivity index (χ2n) is 5.45. The fourth-order valence-electron chi connectivity index (χ4n) is 2.47. The second-order valence-corrected chi connectivity index (χ2v) is 5.45. The molecular weight excluding hydrogens is 334 g/mol. The number of nitrogens with zero attached hydrogens (tertiary/aromatic N) is 2. The highest BCUT2D eigenvalue weighted by Crippen LogP contribution is 2.25. The van der Waals surface area contributed by atoms with Crippen molar-refractivity contribution in [2.24, 2.45) is 5.10 Å². The molecule has 0 saturated carbocycles. The Morgan fingerprint density at radius 3 is 2.38 bits per heavy atom. The predicted molar refractivity (Wildman–Crippen MR) is 98.7 cm³/mol. The van der Waals surface area contributed by atoms with Gasteiger partial charge in [-0.3, -0.25) is 14.9 Å². The van der Waals surface area contributed by atoms with Gasteiger partial charge in [-0.25, -0.2) is 5.43 Å². The lowest BCUT2D eigenvalue weighted by molar-refractivity contribution is -0.384. The summed E-state index contributed by atoms with van der Waals surface area (Å²) in [5, 5.41) is 16.4. The van der Waals surface area contributed by atoms with Gasteiger partial charge in [-0.2, -0.15) is 5.10 Å².